The number of aliphatic hydroxyl groups excluding tert-OH is 1. The molecule has 1 aromatic rings. The number of rotatable bonds is 40. The third-order valence-corrected chi connectivity index (χ3v) is 7.83. The minimum atomic E-state index is -0.482. The standard InChI is InChI=1S/C38H73N5O15/c1-38(2,3)58-37(45)42-6-4-41(5-7-42)8-11-57-35-36-34-43(40-39-36)9-12-46-14-16-48-18-20-50-22-24-52-26-28-54-30-32-56-33-31-55-29-27-53-25-23-51-21-19-49-17-15-47-13-10-44/h34,44H,4-33,35H2,1-3H3. The summed E-state index contributed by atoms with van der Waals surface area (Å²) in [5, 5.41) is 16.9. The number of piperazine rings is 1. The predicted molar refractivity (Wildman–Crippen MR) is 210 cm³/mol. The predicted octanol–water partition coefficient (Wildman–Crippen LogP) is 0.522. The Kier molecular flexibility index (Phi) is 32.9. The van der Waals surface area contributed by atoms with E-state index in [0.29, 0.717) is 178 Å². The smallest absolute Gasteiger partial charge is 0.410 e. The summed E-state index contributed by atoms with van der Waals surface area (Å²) in [4.78, 5) is 16.3. The number of hydrogen-bond donors (Lipinski definition) is 1. The maximum absolute atomic E-state index is 12.2. The van der Waals surface area contributed by atoms with Crippen molar-refractivity contribution in [3.63, 3.8) is 0 Å². The molecular formula is C38H73N5O15. The molecule has 0 saturated carbocycles. The van der Waals surface area contributed by atoms with Gasteiger partial charge in [-0.3, -0.25) is 4.90 Å². The van der Waals surface area contributed by atoms with E-state index in [1.807, 2.05) is 27.0 Å². The number of aromatic nitrogens is 3. The van der Waals surface area contributed by atoms with Gasteiger partial charge in [0.1, 0.15) is 11.3 Å². The molecule has 0 bridgehead atoms. The van der Waals surface area contributed by atoms with Crippen LogP contribution in [0.1, 0.15) is 26.5 Å². The lowest BCUT2D eigenvalue weighted by Gasteiger charge is -2.35. The highest BCUT2D eigenvalue weighted by Gasteiger charge is 2.25. The van der Waals surface area contributed by atoms with E-state index in [0.717, 1.165) is 25.3 Å². The summed E-state index contributed by atoms with van der Waals surface area (Å²) in [6.45, 7) is 21.5. The van der Waals surface area contributed by atoms with Crippen molar-refractivity contribution in [2.45, 2.75) is 39.5 Å². The first-order valence-corrected chi connectivity index (χ1v) is 20.5. The highest BCUT2D eigenvalue weighted by atomic mass is 16.6. The van der Waals surface area contributed by atoms with E-state index in [1.165, 1.54) is 0 Å². The maximum atomic E-state index is 12.2. The van der Waals surface area contributed by atoms with Crippen molar-refractivity contribution in [1.29, 1.82) is 0 Å². The highest BCUT2D eigenvalue weighted by Crippen LogP contribution is 2.12. The molecule has 1 amide bonds. The third-order valence-electron chi connectivity index (χ3n) is 7.83. The van der Waals surface area contributed by atoms with Gasteiger partial charge in [0.15, 0.2) is 0 Å². The van der Waals surface area contributed by atoms with Gasteiger partial charge in [0.2, 0.25) is 0 Å². The van der Waals surface area contributed by atoms with Gasteiger partial charge in [0, 0.05) is 32.7 Å². The average Bonchev–Trinajstić information content (AvgIpc) is 3.66. The normalized spacial score (nSPS) is 13.8. The van der Waals surface area contributed by atoms with E-state index in [2.05, 4.69) is 15.2 Å². The van der Waals surface area contributed by atoms with E-state index in [9.17, 15) is 4.79 Å². The fraction of sp³-hybridized carbons (Fsp3) is 0.921. The molecule has 58 heavy (non-hydrogen) atoms. The molecule has 340 valence electrons. The zero-order chi connectivity index (χ0) is 41.6. The van der Waals surface area contributed by atoms with Crippen molar-refractivity contribution in [2.75, 3.05) is 191 Å². The number of carbonyl (C=O) groups excluding carboxylic acids is 1. The van der Waals surface area contributed by atoms with Crippen molar-refractivity contribution in [1.82, 2.24) is 24.8 Å². The second-order valence-electron chi connectivity index (χ2n) is 13.8. The Balaban J connectivity index is 1.21. The summed E-state index contributed by atoms with van der Waals surface area (Å²) in [5.74, 6) is 0. The minimum absolute atomic E-state index is 0.0202. The lowest BCUT2D eigenvalue weighted by Crippen LogP contribution is -2.50. The van der Waals surface area contributed by atoms with E-state index >= 15 is 0 Å². The van der Waals surface area contributed by atoms with Gasteiger partial charge >= 0.3 is 6.09 Å². The molecule has 0 atom stereocenters. The zero-order valence-electron chi connectivity index (χ0n) is 35.4. The molecule has 1 aromatic heterocycles. The molecule has 0 aromatic carbocycles. The number of aliphatic hydroxyl groups is 1. The first kappa shape index (κ1) is 52.0. The quantitative estimate of drug-likeness (QED) is 0.0899. The van der Waals surface area contributed by atoms with Gasteiger partial charge in [-0.1, -0.05) is 5.21 Å². The van der Waals surface area contributed by atoms with Crippen LogP contribution in [0.2, 0.25) is 0 Å². The molecule has 1 N–H and O–H groups in total. The Bertz CT molecular complexity index is 1060. The van der Waals surface area contributed by atoms with Crippen molar-refractivity contribution in [2.24, 2.45) is 0 Å². The summed E-state index contributed by atoms with van der Waals surface area (Å²) in [6.07, 6.45) is 1.61. The molecule has 0 aliphatic carbocycles. The molecule has 20 heteroatoms. The van der Waals surface area contributed by atoms with Crippen LogP contribution in [-0.4, -0.2) is 233 Å². The van der Waals surface area contributed by atoms with Gasteiger partial charge in [-0.15, -0.1) is 5.10 Å². The lowest BCUT2D eigenvalue weighted by atomic mass is 10.2. The van der Waals surface area contributed by atoms with Crippen LogP contribution in [0.3, 0.4) is 0 Å². The highest BCUT2D eigenvalue weighted by molar-refractivity contribution is 5.68. The number of carbonyl (C=O) groups is 1. The molecule has 0 spiro atoms. The van der Waals surface area contributed by atoms with Crippen LogP contribution in [-0.2, 0) is 74.7 Å². The largest absolute Gasteiger partial charge is 0.444 e. The Morgan fingerprint density at radius 1 is 0.534 bits per heavy atom. The molecule has 1 aliphatic heterocycles. The zero-order valence-corrected chi connectivity index (χ0v) is 35.4. The fourth-order valence-corrected chi connectivity index (χ4v) is 4.89. The van der Waals surface area contributed by atoms with E-state index in [4.69, 9.17) is 66.7 Å². The molecule has 2 rings (SSSR count). The first-order valence-electron chi connectivity index (χ1n) is 20.5. The fourth-order valence-electron chi connectivity index (χ4n) is 4.89. The van der Waals surface area contributed by atoms with Crippen molar-refractivity contribution in [3.8, 4) is 0 Å². The van der Waals surface area contributed by atoms with Crippen molar-refractivity contribution < 1.29 is 71.5 Å². The van der Waals surface area contributed by atoms with Crippen LogP contribution in [0.5, 0.6) is 0 Å². The summed E-state index contributed by atoms with van der Waals surface area (Å²) in [7, 11) is 0. The van der Waals surface area contributed by atoms with E-state index in [1.54, 1.807) is 9.58 Å². The van der Waals surface area contributed by atoms with Gasteiger partial charge < -0.3 is 71.6 Å². The molecule has 1 aliphatic rings. The second-order valence-corrected chi connectivity index (χ2v) is 13.8. The maximum Gasteiger partial charge on any atom is 0.410 e. The molecular weight excluding hydrogens is 766 g/mol. The minimum Gasteiger partial charge on any atom is -0.444 e. The van der Waals surface area contributed by atoms with E-state index < -0.39 is 5.60 Å². The number of hydrogen-bond acceptors (Lipinski definition) is 18. The first-order chi connectivity index (χ1) is 28.4. The molecule has 20 nitrogen and oxygen atoms in total. The topological polar surface area (TPSA) is 194 Å². The van der Waals surface area contributed by atoms with Crippen molar-refractivity contribution in [3.05, 3.63) is 11.9 Å². The molecule has 2 heterocycles. The lowest BCUT2D eigenvalue weighted by molar-refractivity contribution is -0.0278. The summed E-state index contributed by atoms with van der Waals surface area (Å²) < 4.78 is 73.0. The monoisotopic (exact) mass is 840 g/mol. The SMILES string of the molecule is CC(C)(C)OC(=O)N1CCN(CCOCc2cn(CCOCCOCCOCCOCCOCCOCCOCCOCCOCCOCCOCCO)nn2)CC1. The molecule has 0 unspecified atom stereocenters. The van der Waals surface area contributed by atoms with Crippen LogP contribution in [0.4, 0.5) is 4.79 Å². The van der Waals surface area contributed by atoms with Gasteiger partial charge in [0.25, 0.3) is 0 Å². The molecule has 1 fully saturated rings. The Morgan fingerprint density at radius 3 is 1.28 bits per heavy atom. The van der Waals surface area contributed by atoms with E-state index in [-0.39, 0.29) is 12.7 Å². The second kappa shape index (κ2) is 36.7. The summed E-state index contributed by atoms with van der Waals surface area (Å²) >= 11 is 0. The van der Waals surface area contributed by atoms with Crippen LogP contribution < -0.4 is 0 Å². The van der Waals surface area contributed by atoms with Gasteiger partial charge in [-0.25, -0.2) is 9.48 Å². The van der Waals surface area contributed by atoms with Gasteiger partial charge in [0.05, 0.1) is 178 Å². The number of ether oxygens (including phenoxy) is 13. The Hall–Kier alpha value is -2.15. The summed E-state index contributed by atoms with van der Waals surface area (Å²) in [5.41, 5.74) is 0.289. The van der Waals surface area contributed by atoms with Crippen LogP contribution >= 0.6 is 0 Å². The molecule has 0 radical (unpaired) electrons. The third kappa shape index (κ3) is 31.7. The Labute approximate surface area is 344 Å². The average molecular weight is 840 g/mol. The van der Waals surface area contributed by atoms with Gasteiger partial charge in [-0.05, 0) is 20.8 Å². The van der Waals surface area contributed by atoms with Crippen molar-refractivity contribution >= 4 is 6.09 Å². The van der Waals surface area contributed by atoms with Crippen LogP contribution in [0, 0.1) is 0 Å². The number of amides is 1. The van der Waals surface area contributed by atoms with Gasteiger partial charge in [-0.2, -0.15) is 0 Å². The van der Waals surface area contributed by atoms with Crippen LogP contribution in [0.15, 0.2) is 6.20 Å². The van der Waals surface area contributed by atoms with Crippen LogP contribution in [0.25, 0.3) is 0 Å². The molecule has 1 saturated heterocycles. The summed E-state index contributed by atoms with van der Waals surface area (Å²) in [6, 6.07) is 0. The Morgan fingerprint density at radius 2 is 0.897 bits per heavy atom. The number of nitrogens with zero attached hydrogens (tertiary/aromatic N) is 5.